The molecule has 1 fully saturated rings. The minimum atomic E-state index is 0.251. The molecule has 1 aliphatic heterocycles. The number of rotatable bonds is 4. The summed E-state index contributed by atoms with van der Waals surface area (Å²) in [5.41, 5.74) is 3.11. The summed E-state index contributed by atoms with van der Waals surface area (Å²) in [5.74, 6) is 0.251. The Morgan fingerprint density at radius 2 is 2.12 bits per heavy atom. The number of hydrogen-bond acceptors (Lipinski definition) is 3. The van der Waals surface area contributed by atoms with E-state index in [1.54, 1.807) is 11.3 Å². The highest BCUT2D eigenvalue weighted by Gasteiger charge is 2.26. The summed E-state index contributed by atoms with van der Waals surface area (Å²) in [5, 5.41) is 2.07. The maximum atomic E-state index is 12.9. The van der Waals surface area contributed by atoms with Crippen LogP contribution in [0.5, 0.6) is 0 Å². The van der Waals surface area contributed by atoms with E-state index in [0.29, 0.717) is 12.5 Å². The predicted molar refractivity (Wildman–Crippen MR) is 102 cm³/mol. The molecule has 1 atom stereocenters. The van der Waals surface area contributed by atoms with Crippen LogP contribution in [0, 0.1) is 0 Å². The van der Waals surface area contributed by atoms with E-state index in [9.17, 15) is 4.79 Å². The van der Waals surface area contributed by atoms with Crippen LogP contribution in [0.15, 0.2) is 41.9 Å². The minimum absolute atomic E-state index is 0.251. The summed E-state index contributed by atoms with van der Waals surface area (Å²) < 4.78 is 2.08. The number of benzene rings is 1. The molecule has 1 aliphatic rings. The van der Waals surface area contributed by atoms with Crippen LogP contribution in [0.4, 0.5) is 0 Å². The summed E-state index contributed by atoms with van der Waals surface area (Å²) in [4.78, 5) is 20.6. The maximum Gasteiger partial charge on any atom is 0.228 e. The molecule has 4 nitrogen and oxygen atoms in total. The molecule has 1 amide bonds. The van der Waals surface area contributed by atoms with Crippen LogP contribution in [0.1, 0.15) is 38.3 Å². The number of carbonyl (C=O) groups excluding carboxylic acids is 1. The van der Waals surface area contributed by atoms with Gasteiger partial charge in [-0.25, -0.2) is 4.98 Å². The van der Waals surface area contributed by atoms with Crippen molar-refractivity contribution in [3.05, 3.63) is 47.6 Å². The molecule has 0 unspecified atom stereocenters. The van der Waals surface area contributed by atoms with Crippen molar-refractivity contribution in [1.29, 1.82) is 0 Å². The molecule has 3 aromatic rings. The largest absolute Gasteiger partial charge is 0.339 e. The highest BCUT2D eigenvalue weighted by Crippen LogP contribution is 2.25. The smallest absolute Gasteiger partial charge is 0.228 e. The number of piperidine rings is 1. The number of carbonyl (C=O) groups is 1. The molecule has 0 spiro atoms. The molecule has 1 aromatic carbocycles. The second-order valence-electron chi connectivity index (χ2n) is 6.69. The fourth-order valence-electron chi connectivity index (χ4n) is 3.71. The van der Waals surface area contributed by atoms with E-state index in [1.165, 1.54) is 6.42 Å². The Kier molecular flexibility index (Phi) is 4.57. The quantitative estimate of drug-likeness (QED) is 0.697. The van der Waals surface area contributed by atoms with Crippen molar-refractivity contribution >= 4 is 22.2 Å². The summed E-state index contributed by atoms with van der Waals surface area (Å²) in [6.45, 7) is 3.09. The first-order chi connectivity index (χ1) is 12.3. The van der Waals surface area contributed by atoms with Crippen molar-refractivity contribution in [1.82, 2.24) is 14.3 Å². The number of nitrogens with zero attached hydrogens (tertiary/aromatic N) is 3. The van der Waals surface area contributed by atoms with Crippen molar-refractivity contribution in [3.8, 4) is 11.3 Å². The van der Waals surface area contributed by atoms with E-state index < -0.39 is 0 Å². The average molecular weight is 353 g/mol. The molecular weight excluding hydrogens is 330 g/mol. The number of thiazole rings is 1. The molecule has 25 heavy (non-hydrogen) atoms. The van der Waals surface area contributed by atoms with Crippen LogP contribution < -0.4 is 0 Å². The molecule has 0 saturated carbocycles. The van der Waals surface area contributed by atoms with Crippen LogP contribution in [-0.4, -0.2) is 32.8 Å². The van der Waals surface area contributed by atoms with E-state index in [4.69, 9.17) is 4.98 Å². The van der Waals surface area contributed by atoms with Crippen LogP contribution in [-0.2, 0) is 11.2 Å². The Hall–Kier alpha value is -2.14. The molecule has 2 aromatic heterocycles. The van der Waals surface area contributed by atoms with E-state index in [1.807, 2.05) is 18.2 Å². The van der Waals surface area contributed by atoms with Crippen molar-refractivity contribution in [2.24, 2.45) is 0 Å². The fraction of sp³-hybridized carbons (Fsp3) is 0.400. The molecule has 0 bridgehead atoms. The zero-order valence-corrected chi connectivity index (χ0v) is 15.3. The lowest BCUT2D eigenvalue weighted by Gasteiger charge is -2.35. The summed E-state index contributed by atoms with van der Waals surface area (Å²) >= 11 is 1.61. The van der Waals surface area contributed by atoms with Gasteiger partial charge in [0.15, 0.2) is 4.96 Å². The molecule has 5 heteroatoms. The van der Waals surface area contributed by atoms with E-state index in [2.05, 4.69) is 39.9 Å². The van der Waals surface area contributed by atoms with Crippen molar-refractivity contribution in [2.45, 2.75) is 45.1 Å². The van der Waals surface area contributed by atoms with Crippen LogP contribution in [0.25, 0.3) is 16.2 Å². The third-order valence-electron chi connectivity index (χ3n) is 5.10. The normalized spacial score (nSPS) is 18.0. The van der Waals surface area contributed by atoms with Gasteiger partial charge in [-0.2, -0.15) is 0 Å². The number of imidazole rings is 1. The summed E-state index contributed by atoms with van der Waals surface area (Å²) in [6, 6.07) is 10.6. The zero-order chi connectivity index (χ0) is 17.2. The van der Waals surface area contributed by atoms with Crippen LogP contribution in [0.2, 0.25) is 0 Å². The number of aromatic nitrogens is 2. The third kappa shape index (κ3) is 3.21. The topological polar surface area (TPSA) is 37.6 Å². The molecule has 130 valence electrons. The van der Waals surface area contributed by atoms with Gasteiger partial charge in [0.05, 0.1) is 12.1 Å². The second kappa shape index (κ2) is 7.00. The summed E-state index contributed by atoms with van der Waals surface area (Å²) in [7, 11) is 0. The highest BCUT2D eigenvalue weighted by atomic mass is 32.1. The number of hydrogen-bond donors (Lipinski definition) is 0. The average Bonchev–Trinajstić information content (AvgIpc) is 3.24. The molecule has 4 rings (SSSR count). The van der Waals surface area contributed by atoms with Crippen LogP contribution in [0.3, 0.4) is 0 Å². The lowest BCUT2D eigenvalue weighted by Crippen LogP contribution is -2.44. The van der Waals surface area contributed by atoms with Gasteiger partial charge in [-0.05, 0) is 25.7 Å². The SMILES string of the molecule is CC[C@@H]1CCCCN1C(=O)Cc1csc2nc(-c3ccccc3)cn12. The Bertz CT molecular complexity index is 868. The van der Waals surface area contributed by atoms with Gasteiger partial charge < -0.3 is 4.90 Å². The van der Waals surface area contributed by atoms with Gasteiger partial charge in [-0.1, -0.05) is 37.3 Å². The Morgan fingerprint density at radius 3 is 2.92 bits per heavy atom. The highest BCUT2D eigenvalue weighted by molar-refractivity contribution is 7.15. The van der Waals surface area contributed by atoms with E-state index >= 15 is 0 Å². The molecule has 3 heterocycles. The lowest BCUT2D eigenvalue weighted by atomic mass is 9.99. The van der Waals surface area contributed by atoms with Gasteiger partial charge in [-0.3, -0.25) is 9.20 Å². The first-order valence-electron chi connectivity index (χ1n) is 9.06. The number of fused-ring (bicyclic) bond motifs is 1. The first-order valence-corrected chi connectivity index (χ1v) is 9.94. The van der Waals surface area contributed by atoms with Gasteiger partial charge in [-0.15, -0.1) is 11.3 Å². The molecule has 0 N–H and O–H groups in total. The third-order valence-corrected chi connectivity index (χ3v) is 5.99. The van der Waals surface area contributed by atoms with Gasteiger partial charge in [0.2, 0.25) is 5.91 Å². The summed E-state index contributed by atoms with van der Waals surface area (Å²) in [6.07, 6.45) is 7.08. The molecule has 0 radical (unpaired) electrons. The number of likely N-dealkylation sites (tertiary alicyclic amines) is 1. The standard InChI is InChI=1S/C20H23N3OS/c1-2-16-10-6-7-11-22(16)19(24)12-17-14-25-20-21-18(13-23(17)20)15-8-4-3-5-9-15/h3-5,8-9,13-14,16H,2,6-7,10-12H2,1H3/t16-/m1/s1. The van der Waals surface area contributed by atoms with Crippen molar-refractivity contribution in [2.75, 3.05) is 6.54 Å². The lowest BCUT2D eigenvalue weighted by molar-refractivity contribution is -0.134. The van der Waals surface area contributed by atoms with E-state index in [0.717, 1.165) is 47.7 Å². The van der Waals surface area contributed by atoms with E-state index in [-0.39, 0.29) is 5.91 Å². The Labute approximate surface area is 152 Å². The minimum Gasteiger partial charge on any atom is -0.339 e. The van der Waals surface area contributed by atoms with Gasteiger partial charge >= 0.3 is 0 Å². The second-order valence-corrected chi connectivity index (χ2v) is 7.53. The first kappa shape index (κ1) is 16.3. The molecule has 0 aliphatic carbocycles. The number of amides is 1. The maximum absolute atomic E-state index is 12.9. The van der Waals surface area contributed by atoms with Gasteiger partial charge in [0, 0.05) is 35.4 Å². The van der Waals surface area contributed by atoms with Crippen molar-refractivity contribution < 1.29 is 4.79 Å². The Morgan fingerprint density at radius 1 is 1.28 bits per heavy atom. The predicted octanol–water partition coefficient (Wildman–Crippen LogP) is 4.40. The molecule has 1 saturated heterocycles. The van der Waals surface area contributed by atoms with Gasteiger partial charge in [0.1, 0.15) is 0 Å². The fourth-order valence-corrected chi connectivity index (χ4v) is 4.59. The van der Waals surface area contributed by atoms with Gasteiger partial charge in [0.25, 0.3) is 0 Å². The molecular formula is C20H23N3OS. The van der Waals surface area contributed by atoms with Crippen LogP contribution >= 0.6 is 11.3 Å². The zero-order valence-electron chi connectivity index (χ0n) is 14.5. The Balaban J connectivity index is 1.57. The monoisotopic (exact) mass is 353 g/mol. The van der Waals surface area contributed by atoms with Crippen molar-refractivity contribution in [3.63, 3.8) is 0 Å².